The van der Waals surface area contributed by atoms with Crippen molar-refractivity contribution < 1.29 is 24.6 Å². The van der Waals surface area contributed by atoms with Crippen molar-refractivity contribution in [3.8, 4) is 0 Å². The summed E-state index contributed by atoms with van der Waals surface area (Å²) in [6, 6.07) is 10.8. The maximum absolute atomic E-state index is 2.38. The Bertz CT molecular complexity index is 146. The average Bonchev–Trinajstić information content (AvgIpc) is 1.90. The molecule has 0 spiro atoms. The Morgan fingerprint density at radius 3 is 2.12 bits per heavy atom. The first-order valence-corrected chi connectivity index (χ1v) is 11.2. The standard InChI is InChI=1S/C6H5.CH3.Hg/c1-2-4-6-5-3-1;;/h1-5H;1H3;. The van der Waals surface area contributed by atoms with Gasteiger partial charge in [0.25, 0.3) is 0 Å². The third kappa shape index (κ3) is 1.59. The molecule has 1 heteroatoms. The van der Waals surface area contributed by atoms with Gasteiger partial charge >= 0.3 is 62.4 Å². The summed E-state index contributed by atoms with van der Waals surface area (Å²) in [5, 5.41) is 0. The van der Waals surface area contributed by atoms with E-state index in [0.717, 1.165) is 0 Å². The van der Waals surface area contributed by atoms with Gasteiger partial charge in [-0.05, 0) is 0 Å². The topological polar surface area (TPSA) is 0 Å². The molecule has 0 aliphatic heterocycles. The first-order chi connectivity index (χ1) is 3.93. The van der Waals surface area contributed by atoms with Crippen LogP contribution in [0.2, 0.25) is 4.43 Å². The molecule has 0 saturated heterocycles. The van der Waals surface area contributed by atoms with Crippen LogP contribution in [-0.4, -0.2) is 0 Å². The quantitative estimate of drug-likeness (QED) is 0.687. The van der Waals surface area contributed by atoms with Gasteiger partial charge in [0.15, 0.2) is 0 Å². The Balaban J connectivity index is 2.83. The van der Waals surface area contributed by atoms with E-state index in [4.69, 9.17) is 0 Å². The first kappa shape index (κ1) is 6.28. The minimum absolute atomic E-state index is 0.538. The molecule has 0 heterocycles. The van der Waals surface area contributed by atoms with Gasteiger partial charge in [-0.2, -0.15) is 0 Å². The van der Waals surface area contributed by atoms with E-state index in [1.165, 1.54) is 0 Å². The van der Waals surface area contributed by atoms with Gasteiger partial charge in [-0.25, -0.2) is 0 Å². The monoisotopic (exact) mass is 294 g/mol. The Morgan fingerprint density at radius 1 is 1.12 bits per heavy atom. The molecule has 0 nitrogen and oxygen atoms in total. The molecule has 0 saturated carbocycles. The van der Waals surface area contributed by atoms with E-state index in [2.05, 4.69) is 34.8 Å². The molecule has 0 aromatic heterocycles. The van der Waals surface area contributed by atoms with Crippen molar-refractivity contribution in [2.24, 2.45) is 0 Å². The van der Waals surface area contributed by atoms with Crippen LogP contribution in [0.15, 0.2) is 30.3 Å². The molecule has 0 N–H and O–H groups in total. The molecule has 0 unspecified atom stereocenters. The Kier molecular flexibility index (Phi) is 2.54. The molecule has 8 heavy (non-hydrogen) atoms. The predicted octanol–water partition coefficient (Wildman–Crippen LogP) is 1.44. The zero-order chi connectivity index (χ0) is 5.82. The van der Waals surface area contributed by atoms with Crippen LogP contribution in [0, 0.1) is 0 Å². The van der Waals surface area contributed by atoms with Crippen LogP contribution >= 0.6 is 0 Å². The summed E-state index contributed by atoms with van der Waals surface area (Å²) >= 11 is -0.538. The van der Waals surface area contributed by atoms with E-state index < -0.39 is 24.6 Å². The molecule has 1 aromatic rings. The minimum atomic E-state index is -0.538. The van der Waals surface area contributed by atoms with Crippen LogP contribution in [-0.2, 0) is 24.6 Å². The number of hydrogen-bond donors (Lipinski definition) is 0. The van der Waals surface area contributed by atoms with E-state index in [1.54, 1.807) is 3.07 Å². The van der Waals surface area contributed by atoms with Crippen molar-refractivity contribution >= 4 is 3.07 Å². The van der Waals surface area contributed by atoms with Gasteiger partial charge in [0.05, 0.1) is 0 Å². The van der Waals surface area contributed by atoms with Crippen LogP contribution in [0.5, 0.6) is 0 Å². The summed E-state index contributed by atoms with van der Waals surface area (Å²) in [7, 11) is 0. The van der Waals surface area contributed by atoms with Crippen molar-refractivity contribution in [1.82, 2.24) is 0 Å². The van der Waals surface area contributed by atoms with Crippen molar-refractivity contribution in [1.29, 1.82) is 0 Å². The molecule has 1 aromatic carbocycles. The second kappa shape index (κ2) is 3.23. The number of hydrogen-bond acceptors (Lipinski definition) is 0. The fourth-order valence-corrected chi connectivity index (χ4v) is 3.60. The predicted molar refractivity (Wildman–Crippen MR) is 31.9 cm³/mol. The van der Waals surface area contributed by atoms with Gasteiger partial charge in [-0.15, -0.1) is 0 Å². The third-order valence-corrected chi connectivity index (χ3v) is 6.26. The maximum atomic E-state index is 2.38. The Labute approximate surface area is 62.4 Å². The molecule has 0 bridgehead atoms. The van der Waals surface area contributed by atoms with Crippen LogP contribution in [0.3, 0.4) is 0 Å². The summed E-state index contributed by atoms with van der Waals surface area (Å²) in [5.74, 6) is 0. The Morgan fingerprint density at radius 2 is 1.75 bits per heavy atom. The van der Waals surface area contributed by atoms with Crippen LogP contribution in [0.25, 0.3) is 0 Å². The van der Waals surface area contributed by atoms with Gasteiger partial charge in [-0.1, -0.05) is 0 Å². The summed E-state index contributed by atoms with van der Waals surface area (Å²) in [5.41, 5.74) is 0. The first-order valence-electron chi connectivity index (χ1n) is 2.97. The molecular formula is C7H8Hg. The van der Waals surface area contributed by atoms with Gasteiger partial charge in [0.1, 0.15) is 0 Å². The van der Waals surface area contributed by atoms with Gasteiger partial charge in [-0.3, -0.25) is 0 Å². The molecule has 38 valence electrons. The zero-order valence-electron chi connectivity index (χ0n) is 5.09. The fraction of sp³-hybridized carbons (Fsp3) is 0.143. The summed E-state index contributed by atoms with van der Waals surface area (Å²) < 4.78 is 4.02. The van der Waals surface area contributed by atoms with Crippen LogP contribution < -0.4 is 3.07 Å². The van der Waals surface area contributed by atoms with Crippen molar-refractivity contribution in [3.05, 3.63) is 30.3 Å². The molecular weight excluding hydrogens is 285 g/mol. The van der Waals surface area contributed by atoms with Crippen molar-refractivity contribution in [3.63, 3.8) is 0 Å². The van der Waals surface area contributed by atoms with E-state index in [9.17, 15) is 0 Å². The molecule has 0 aliphatic carbocycles. The Hall–Kier alpha value is 0.155. The molecule has 0 amide bonds. The summed E-state index contributed by atoms with van der Waals surface area (Å²) in [6.45, 7) is 0. The number of rotatable bonds is 1. The van der Waals surface area contributed by atoms with Crippen molar-refractivity contribution in [2.45, 2.75) is 4.43 Å². The van der Waals surface area contributed by atoms with Gasteiger partial charge in [0, 0.05) is 0 Å². The third-order valence-electron chi connectivity index (χ3n) is 1.25. The average molecular weight is 293 g/mol. The SMILES string of the molecule is [CH3][Hg][c]1ccccc1. The summed E-state index contributed by atoms with van der Waals surface area (Å²) in [6.07, 6.45) is 0. The zero-order valence-corrected chi connectivity index (χ0v) is 10.6. The molecule has 0 aliphatic rings. The second-order valence-corrected chi connectivity index (χ2v) is 7.76. The van der Waals surface area contributed by atoms with Crippen molar-refractivity contribution in [2.75, 3.05) is 0 Å². The fourth-order valence-electron chi connectivity index (χ4n) is 0.714. The van der Waals surface area contributed by atoms with Crippen LogP contribution in [0.1, 0.15) is 0 Å². The van der Waals surface area contributed by atoms with E-state index in [-0.39, 0.29) is 0 Å². The molecule has 0 atom stereocenters. The van der Waals surface area contributed by atoms with E-state index in [1.807, 2.05) is 0 Å². The molecule has 0 fully saturated rings. The normalized spacial score (nSPS) is 8.12. The number of benzene rings is 1. The van der Waals surface area contributed by atoms with Gasteiger partial charge < -0.3 is 0 Å². The van der Waals surface area contributed by atoms with Crippen LogP contribution in [0.4, 0.5) is 0 Å². The van der Waals surface area contributed by atoms with E-state index in [0.29, 0.717) is 0 Å². The van der Waals surface area contributed by atoms with Gasteiger partial charge in [0.2, 0.25) is 0 Å². The second-order valence-electron chi connectivity index (χ2n) is 1.84. The summed E-state index contributed by atoms with van der Waals surface area (Å²) in [4.78, 5) is 0. The molecule has 1 rings (SSSR count). The van der Waals surface area contributed by atoms with E-state index >= 15 is 0 Å². The molecule has 0 radical (unpaired) electrons.